The van der Waals surface area contributed by atoms with Gasteiger partial charge in [-0.05, 0) is 30.7 Å². The van der Waals surface area contributed by atoms with Gasteiger partial charge in [0.25, 0.3) is 5.69 Å². The van der Waals surface area contributed by atoms with Crippen LogP contribution < -0.4 is 5.32 Å². The molecule has 23 heavy (non-hydrogen) atoms. The third-order valence-corrected chi connectivity index (χ3v) is 4.72. The summed E-state index contributed by atoms with van der Waals surface area (Å²) in [5.74, 6) is 0.850. The fourth-order valence-electron chi connectivity index (χ4n) is 1.99. The molecule has 0 atom stereocenters. The number of nitro benzene ring substituents is 1. The van der Waals surface area contributed by atoms with E-state index in [-0.39, 0.29) is 17.3 Å². The number of hydrogen-bond acceptors (Lipinski definition) is 4. The number of anilines is 1. The molecule has 0 aliphatic carbocycles. The number of benzene rings is 2. The van der Waals surface area contributed by atoms with Gasteiger partial charge in [0.2, 0.25) is 5.91 Å². The van der Waals surface area contributed by atoms with Crippen LogP contribution in [0.5, 0.6) is 0 Å². The van der Waals surface area contributed by atoms with Gasteiger partial charge >= 0.3 is 0 Å². The topological polar surface area (TPSA) is 72.2 Å². The molecule has 0 aromatic heterocycles. The third-order valence-electron chi connectivity index (χ3n) is 3.19. The molecule has 0 aliphatic heterocycles. The molecule has 0 fully saturated rings. The number of carbonyl (C=O) groups is 1. The summed E-state index contributed by atoms with van der Waals surface area (Å²) in [6.07, 6.45) is 0. The van der Waals surface area contributed by atoms with Crippen LogP contribution in [0.25, 0.3) is 0 Å². The molecule has 0 unspecified atom stereocenters. The number of carbonyl (C=O) groups excluding carboxylic acids is 1. The highest BCUT2D eigenvalue weighted by Gasteiger charge is 2.14. The van der Waals surface area contributed by atoms with Gasteiger partial charge in [0, 0.05) is 16.3 Å². The van der Waals surface area contributed by atoms with Gasteiger partial charge in [0.15, 0.2) is 0 Å². The van der Waals surface area contributed by atoms with E-state index in [1.165, 1.54) is 17.8 Å². The van der Waals surface area contributed by atoms with E-state index in [1.54, 1.807) is 19.1 Å². The molecule has 1 N–H and O–H groups in total. The van der Waals surface area contributed by atoms with Gasteiger partial charge in [-0.1, -0.05) is 34.1 Å². The Morgan fingerprint density at radius 2 is 1.96 bits per heavy atom. The smallest absolute Gasteiger partial charge is 0.274 e. The highest BCUT2D eigenvalue weighted by molar-refractivity contribution is 9.10. The van der Waals surface area contributed by atoms with Crippen molar-refractivity contribution in [1.82, 2.24) is 0 Å². The van der Waals surface area contributed by atoms with Gasteiger partial charge in [-0.25, -0.2) is 0 Å². The molecule has 5 nitrogen and oxygen atoms in total. The van der Waals surface area contributed by atoms with Crippen LogP contribution in [0.3, 0.4) is 0 Å². The molecule has 120 valence electrons. The Balaban J connectivity index is 1.89. The van der Waals surface area contributed by atoms with Crippen LogP contribution in [0.4, 0.5) is 11.4 Å². The molecule has 7 heteroatoms. The number of hydrogen-bond donors (Lipinski definition) is 1. The van der Waals surface area contributed by atoms with E-state index in [2.05, 4.69) is 21.2 Å². The first-order chi connectivity index (χ1) is 11.0. The molecule has 0 saturated carbocycles. The second kappa shape index (κ2) is 8.12. The Bertz CT molecular complexity index is 720. The number of rotatable bonds is 6. The quantitative estimate of drug-likeness (QED) is 0.576. The van der Waals surface area contributed by atoms with E-state index < -0.39 is 4.92 Å². The number of thioether (sulfide) groups is 1. The summed E-state index contributed by atoms with van der Waals surface area (Å²) >= 11 is 4.87. The Kier molecular flexibility index (Phi) is 6.18. The molecule has 2 aromatic rings. The second-order valence-electron chi connectivity index (χ2n) is 4.87. The molecule has 2 aromatic carbocycles. The standard InChI is InChI=1S/C16H15BrN2O3S/c1-11-14(3-2-4-15(11)19(21)22)18-16(20)10-23-9-12-5-7-13(17)8-6-12/h2-8H,9-10H2,1H3,(H,18,20). The molecule has 0 aliphatic rings. The molecule has 0 saturated heterocycles. The molecule has 1 amide bonds. The average molecular weight is 395 g/mol. The molecule has 0 heterocycles. The lowest BCUT2D eigenvalue weighted by Crippen LogP contribution is -2.15. The van der Waals surface area contributed by atoms with Crippen LogP contribution >= 0.6 is 27.7 Å². The molecule has 2 rings (SSSR count). The van der Waals surface area contributed by atoms with Crippen molar-refractivity contribution in [2.24, 2.45) is 0 Å². The van der Waals surface area contributed by atoms with Crippen molar-refractivity contribution >= 4 is 45.0 Å². The minimum absolute atomic E-state index is 0.00492. The Morgan fingerprint density at radius 1 is 1.26 bits per heavy atom. The lowest BCUT2D eigenvalue weighted by molar-refractivity contribution is -0.385. The van der Waals surface area contributed by atoms with Crippen molar-refractivity contribution in [3.05, 3.63) is 68.2 Å². The lowest BCUT2D eigenvalue weighted by Gasteiger charge is -2.08. The summed E-state index contributed by atoms with van der Waals surface area (Å²) in [6.45, 7) is 1.63. The van der Waals surface area contributed by atoms with Crippen LogP contribution in [0.15, 0.2) is 46.9 Å². The highest BCUT2D eigenvalue weighted by atomic mass is 79.9. The van der Waals surface area contributed by atoms with E-state index in [0.717, 1.165) is 15.8 Å². The first kappa shape index (κ1) is 17.5. The summed E-state index contributed by atoms with van der Waals surface area (Å²) in [5, 5.41) is 13.6. The minimum atomic E-state index is -0.451. The number of nitrogens with one attached hydrogen (secondary N) is 1. The Labute approximate surface area is 146 Å². The van der Waals surface area contributed by atoms with Crippen molar-refractivity contribution in [3.8, 4) is 0 Å². The largest absolute Gasteiger partial charge is 0.325 e. The van der Waals surface area contributed by atoms with Crippen molar-refractivity contribution < 1.29 is 9.72 Å². The van der Waals surface area contributed by atoms with E-state index in [0.29, 0.717) is 11.3 Å². The number of halogens is 1. The summed E-state index contributed by atoms with van der Waals surface area (Å²) in [4.78, 5) is 22.4. The predicted octanol–water partition coefficient (Wildman–Crippen LogP) is 4.54. The first-order valence-corrected chi connectivity index (χ1v) is 8.78. The second-order valence-corrected chi connectivity index (χ2v) is 6.78. The van der Waals surface area contributed by atoms with Gasteiger partial charge in [-0.2, -0.15) is 0 Å². The Morgan fingerprint density at radius 3 is 2.61 bits per heavy atom. The summed E-state index contributed by atoms with van der Waals surface area (Å²) in [7, 11) is 0. The van der Waals surface area contributed by atoms with Crippen LogP contribution in [-0.4, -0.2) is 16.6 Å². The van der Waals surface area contributed by atoms with E-state index in [4.69, 9.17) is 0 Å². The fourth-order valence-corrected chi connectivity index (χ4v) is 3.04. The normalized spacial score (nSPS) is 10.3. The fraction of sp³-hybridized carbons (Fsp3) is 0.188. The van der Waals surface area contributed by atoms with Crippen molar-refractivity contribution in [2.45, 2.75) is 12.7 Å². The van der Waals surface area contributed by atoms with Gasteiger partial charge in [0.1, 0.15) is 0 Å². The maximum Gasteiger partial charge on any atom is 0.274 e. The van der Waals surface area contributed by atoms with E-state index in [9.17, 15) is 14.9 Å². The molecular weight excluding hydrogens is 380 g/mol. The predicted molar refractivity (Wildman–Crippen MR) is 96.8 cm³/mol. The maximum absolute atomic E-state index is 12.0. The van der Waals surface area contributed by atoms with E-state index in [1.807, 2.05) is 24.3 Å². The molecular formula is C16H15BrN2O3S. The first-order valence-electron chi connectivity index (χ1n) is 6.83. The molecule has 0 radical (unpaired) electrons. The third kappa shape index (κ3) is 5.07. The monoisotopic (exact) mass is 394 g/mol. The summed E-state index contributed by atoms with van der Waals surface area (Å²) in [5.41, 5.74) is 2.08. The zero-order chi connectivity index (χ0) is 16.8. The molecule has 0 bridgehead atoms. The maximum atomic E-state index is 12.0. The van der Waals surface area contributed by atoms with Gasteiger partial charge < -0.3 is 5.32 Å². The summed E-state index contributed by atoms with van der Waals surface area (Å²) < 4.78 is 1.02. The van der Waals surface area contributed by atoms with Gasteiger partial charge in [0.05, 0.1) is 21.9 Å². The van der Waals surface area contributed by atoms with Crippen molar-refractivity contribution in [1.29, 1.82) is 0 Å². The van der Waals surface area contributed by atoms with Crippen LogP contribution in [0.1, 0.15) is 11.1 Å². The van der Waals surface area contributed by atoms with Crippen molar-refractivity contribution in [3.63, 3.8) is 0 Å². The van der Waals surface area contributed by atoms with Crippen molar-refractivity contribution in [2.75, 3.05) is 11.1 Å². The van der Waals surface area contributed by atoms with Crippen LogP contribution in [0, 0.1) is 17.0 Å². The number of amides is 1. The highest BCUT2D eigenvalue weighted by Crippen LogP contribution is 2.25. The summed E-state index contributed by atoms with van der Waals surface area (Å²) in [6, 6.07) is 12.6. The minimum Gasteiger partial charge on any atom is -0.325 e. The van der Waals surface area contributed by atoms with E-state index >= 15 is 0 Å². The SMILES string of the molecule is Cc1c(NC(=O)CSCc2ccc(Br)cc2)cccc1[N+](=O)[O-]. The number of nitro groups is 1. The Hall–Kier alpha value is -1.86. The molecule has 0 spiro atoms. The zero-order valence-electron chi connectivity index (χ0n) is 12.4. The average Bonchev–Trinajstić information content (AvgIpc) is 2.51. The van der Waals surface area contributed by atoms with Gasteiger partial charge in [-0.3, -0.25) is 14.9 Å². The van der Waals surface area contributed by atoms with Crippen LogP contribution in [-0.2, 0) is 10.5 Å². The lowest BCUT2D eigenvalue weighted by atomic mass is 10.1. The number of nitrogens with zero attached hydrogens (tertiary/aromatic N) is 1. The van der Waals surface area contributed by atoms with Gasteiger partial charge in [-0.15, -0.1) is 11.8 Å². The van der Waals surface area contributed by atoms with Crippen LogP contribution in [0.2, 0.25) is 0 Å². The zero-order valence-corrected chi connectivity index (χ0v) is 14.8.